The van der Waals surface area contributed by atoms with Gasteiger partial charge in [-0.05, 0) is 25.8 Å². The summed E-state index contributed by atoms with van der Waals surface area (Å²) in [5.41, 5.74) is 2.84. The molecule has 0 saturated carbocycles. The highest BCUT2D eigenvalue weighted by molar-refractivity contribution is 5.16. The van der Waals surface area contributed by atoms with Crippen LogP contribution in [-0.2, 0) is 6.42 Å². The van der Waals surface area contributed by atoms with Gasteiger partial charge in [0, 0.05) is 32.2 Å². The van der Waals surface area contributed by atoms with Gasteiger partial charge in [-0.1, -0.05) is 42.0 Å². The predicted molar refractivity (Wildman–Crippen MR) is 77.8 cm³/mol. The molecule has 18 heavy (non-hydrogen) atoms. The van der Waals surface area contributed by atoms with Gasteiger partial charge in [-0.25, -0.2) is 0 Å². The molecule has 0 spiro atoms. The lowest BCUT2D eigenvalue weighted by molar-refractivity contribution is 0.217. The van der Waals surface area contributed by atoms with E-state index in [9.17, 15) is 0 Å². The molecule has 2 heteroatoms. The van der Waals surface area contributed by atoms with E-state index in [2.05, 4.69) is 60.5 Å². The Morgan fingerprint density at radius 2 is 2.11 bits per heavy atom. The first-order valence-corrected chi connectivity index (χ1v) is 6.87. The Morgan fingerprint density at radius 1 is 1.33 bits per heavy atom. The minimum absolute atomic E-state index is 0.590. The topological polar surface area (TPSA) is 15.3 Å². The third-order valence-electron chi connectivity index (χ3n) is 3.42. The first-order chi connectivity index (χ1) is 8.74. The maximum Gasteiger partial charge on any atom is 0.0236 e. The molecule has 0 aliphatic carbocycles. The number of nitrogens with zero attached hydrogens (tertiary/aromatic N) is 1. The van der Waals surface area contributed by atoms with Gasteiger partial charge >= 0.3 is 0 Å². The smallest absolute Gasteiger partial charge is 0.0236 e. The van der Waals surface area contributed by atoms with E-state index >= 15 is 0 Å². The number of allylic oxidation sites excluding steroid dienone is 1. The first-order valence-electron chi connectivity index (χ1n) is 6.87. The van der Waals surface area contributed by atoms with Crippen molar-refractivity contribution >= 4 is 0 Å². The fourth-order valence-electron chi connectivity index (χ4n) is 2.41. The zero-order valence-electron chi connectivity index (χ0n) is 11.5. The molecule has 1 N–H and O–H groups in total. The molecule has 0 aromatic heterocycles. The molecular weight excluding hydrogens is 220 g/mol. The fraction of sp³-hybridized carbons (Fsp3) is 0.500. The van der Waals surface area contributed by atoms with Crippen LogP contribution >= 0.6 is 0 Å². The molecule has 1 saturated heterocycles. The van der Waals surface area contributed by atoms with Crippen molar-refractivity contribution in [2.24, 2.45) is 0 Å². The second-order valence-corrected chi connectivity index (χ2v) is 5.38. The van der Waals surface area contributed by atoms with Crippen molar-refractivity contribution in [3.05, 3.63) is 47.5 Å². The van der Waals surface area contributed by atoms with E-state index in [-0.39, 0.29) is 0 Å². The molecule has 2 rings (SSSR count). The van der Waals surface area contributed by atoms with Crippen LogP contribution < -0.4 is 5.32 Å². The van der Waals surface area contributed by atoms with Gasteiger partial charge in [-0.2, -0.15) is 0 Å². The summed E-state index contributed by atoms with van der Waals surface area (Å²) in [5, 5.41) is 3.62. The summed E-state index contributed by atoms with van der Waals surface area (Å²) in [7, 11) is 0. The lowest BCUT2D eigenvalue weighted by Gasteiger charge is -2.33. The Kier molecular flexibility index (Phi) is 4.97. The number of hydrogen-bond donors (Lipinski definition) is 1. The monoisotopic (exact) mass is 244 g/mol. The van der Waals surface area contributed by atoms with Gasteiger partial charge in [0.05, 0.1) is 0 Å². The quantitative estimate of drug-likeness (QED) is 0.819. The average molecular weight is 244 g/mol. The molecule has 1 unspecified atom stereocenters. The van der Waals surface area contributed by atoms with E-state index in [0.29, 0.717) is 6.04 Å². The minimum Gasteiger partial charge on any atom is -0.311 e. The van der Waals surface area contributed by atoms with Gasteiger partial charge in [-0.3, -0.25) is 4.90 Å². The van der Waals surface area contributed by atoms with Crippen molar-refractivity contribution in [3.63, 3.8) is 0 Å². The van der Waals surface area contributed by atoms with E-state index in [1.54, 1.807) is 0 Å². The van der Waals surface area contributed by atoms with Crippen LogP contribution in [-0.4, -0.2) is 37.1 Å². The molecule has 0 amide bonds. The molecule has 1 atom stereocenters. The minimum atomic E-state index is 0.590. The molecule has 1 heterocycles. The normalized spacial score (nSPS) is 20.7. The molecular formula is C16H24N2. The fourth-order valence-corrected chi connectivity index (χ4v) is 2.41. The Labute approximate surface area is 111 Å². The Hall–Kier alpha value is -1.12. The SMILES string of the molecule is CC(C)=CCN1CCNC(Cc2ccccc2)C1. The largest absolute Gasteiger partial charge is 0.311 e. The van der Waals surface area contributed by atoms with E-state index in [1.807, 2.05) is 0 Å². The molecule has 1 aromatic rings. The lowest BCUT2D eigenvalue weighted by Crippen LogP contribution is -2.51. The molecule has 0 radical (unpaired) electrons. The molecule has 1 fully saturated rings. The third-order valence-corrected chi connectivity index (χ3v) is 3.42. The van der Waals surface area contributed by atoms with Crippen molar-refractivity contribution in [1.82, 2.24) is 10.2 Å². The maximum absolute atomic E-state index is 3.62. The highest BCUT2D eigenvalue weighted by Gasteiger charge is 2.18. The molecule has 1 aliphatic rings. The van der Waals surface area contributed by atoms with Crippen LogP contribution in [0.3, 0.4) is 0 Å². The van der Waals surface area contributed by atoms with Gasteiger partial charge in [-0.15, -0.1) is 0 Å². The Balaban J connectivity index is 1.85. The number of piperazine rings is 1. The second-order valence-electron chi connectivity index (χ2n) is 5.38. The van der Waals surface area contributed by atoms with Crippen molar-refractivity contribution in [2.45, 2.75) is 26.3 Å². The average Bonchev–Trinajstić information content (AvgIpc) is 2.38. The van der Waals surface area contributed by atoms with Crippen molar-refractivity contribution in [2.75, 3.05) is 26.2 Å². The summed E-state index contributed by atoms with van der Waals surface area (Å²) in [4.78, 5) is 2.54. The van der Waals surface area contributed by atoms with Crippen molar-refractivity contribution in [3.8, 4) is 0 Å². The van der Waals surface area contributed by atoms with Gasteiger partial charge < -0.3 is 5.32 Å². The predicted octanol–water partition coefficient (Wildman–Crippen LogP) is 2.47. The summed E-state index contributed by atoms with van der Waals surface area (Å²) in [6.07, 6.45) is 3.46. The van der Waals surface area contributed by atoms with Crippen LogP contribution in [0.25, 0.3) is 0 Å². The van der Waals surface area contributed by atoms with E-state index in [4.69, 9.17) is 0 Å². The summed E-state index contributed by atoms with van der Waals surface area (Å²) >= 11 is 0. The molecule has 98 valence electrons. The van der Waals surface area contributed by atoms with Crippen LogP contribution in [0.15, 0.2) is 42.0 Å². The highest BCUT2D eigenvalue weighted by Crippen LogP contribution is 2.08. The summed E-state index contributed by atoms with van der Waals surface area (Å²) < 4.78 is 0. The highest BCUT2D eigenvalue weighted by atomic mass is 15.2. The first kappa shape index (κ1) is 13.3. The summed E-state index contributed by atoms with van der Waals surface area (Å²) in [6.45, 7) is 8.85. The van der Waals surface area contributed by atoms with Crippen LogP contribution in [0, 0.1) is 0 Å². The van der Waals surface area contributed by atoms with Gasteiger partial charge in [0.15, 0.2) is 0 Å². The zero-order chi connectivity index (χ0) is 12.8. The maximum atomic E-state index is 3.62. The Bertz CT molecular complexity index is 379. The summed E-state index contributed by atoms with van der Waals surface area (Å²) in [5.74, 6) is 0. The number of benzene rings is 1. The van der Waals surface area contributed by atoms with Crippen LogP contribution in [0.4, 0.5) is 0 Å². The third kappa shape index (κ3) is 4.28. The van der Waals surface area contributed by atoms with Gasteiger partial charge in [0.1, 0.15) is 0 Å². The summed E-state index contributed by atoms with van der Waals surface area (Å²) in [6, 6.07) is 11.4. The molecule has 1 aliphatic heterocycles. The van der Waals surface area contributed by atoms with Crippen LogP contribution in [0.1, 0.15) is 19.4 Å². The molecule has 0 bridgehead atoms. The van der Waals surface area contributed by atoms with Crippen LogP contribution in [0.5, 0.6) is 0 Å². The van der Waals surface area contributed by atoms with Crippen LogP contribution in [0.2, 0.25) is 0 Å². The zero-order valence-corrected chi connectivity index (χ0v) is 11.5. The number of nitrogens with one attached hydrogen (secondary N) is 1. The molecule has 2 nitrogen and oxygen atoms in total. The van der Waals surface area contributed by atoms with E-state index < -0.39 is 0 Å². The number of hydrogen-bond acceptors (Lipinski definition) is 2. The van der Waals surface area contributed by atoms with E-state index in [1.165, 1.54) is 11.1 Å². The van der Waals surface area contributed by atoms with Crippen molar-refractivity contribution in [1.29, 1.82) is 0 Å². The Morgan fingerprint density at radius 3 is 2.83 bits per heavy atom. The van der Waals surface area contributed by atoms with Crippen molar-refractivity contribution < 1.29 is 0 Å². The number of rotatable bonds is 4. The second kappa shape index (κ2) is 6.72. The lowest BCUT2D eigenvalue weighted by atomic mass is 10.0. The van der Waals surface area contributed by atoms with Gasteiger partial charge in [0.2, 0.25) is 0 Å². The molecule has 1 aromatic carbocycles. The standard InChI is InChI=1S/C16H24N2/c1-14(2)8-10-18-11-9-17-16(13-18)12-15-6-4-3-5-7-15/h3-8,16-17H,9-13H2,1-2H3. The van der Waals surface area contributed by atoms with Gasteiger partial charge in [0.25, 0.3) is 0 Å². The van der Waals surface area contributed by atoms with E-state index in [0.717, 1.165) is 32.6 Å².